The normalized spacial score (nSPS) is 13.0. The van der Waals surface area contributed by atoms with Crippen molar-refractivity contribution in [2.45, 2.75) is 21.4 Å². The van der Waals surface area contributed by atoms with Crippen LogP contribution in [0.1, 0.15) is 6.92 Å². The third-order valence-electron chi connectivity index (χ3n) is 3.86. The van der Waals surface area contributed by atoms with Crippen LogP contribution in [-0.2, 0) is 14.8 Å². The van der Waals surface area contributed by atoms with E-state index in [1.165, 1.54) is 49.3 Å². The minimum atomic E-state index is -3.56. The Hall–Kier alpha value is -1.65. The Morgan fingerprint density at radius 1 is 1.25 bits per heavy atom. The predicted octanol–water partition coefficient (Wildman–Crippen LogP) is 4.32. The highest BCUT2D eigenvalue weighted by molar-refractivity contribution is 8.02. The lowest BCUT2D eigenvalue weighted by molar-refractivity contribution is -0.115. The van der Waals surface area contributed by atoms with Crippen LogP contribution in [0.15, 0.2) is 51.7 Å². The van der Waals surface area contributed by atoms with E-state index in [2.05, 4.69) is 10.3 Å². The van der Waals surface area contributed by atoms with E-state index in [0.717, 1.165) is 18.9 Å². The van der Waals surface area contributed by atoms with Crippen LogP contribution < -0.4 is 5.32 Å². The second-order valence-corrected chi connectivity index (χ2v) is 11.4. The Morgan fingerprint density at radius 3 is 2.71 bits per heavy atom. The summed E-state index contributed by atoms with van der Waals surface area (Å²) < 4.78 is 27.4. The Labute approximate surface area is 177 Å². The number of thioether (sulfide) groups is 1. The number of rotatable bonds is 6. The molecule has 1 aromatic heterocycles. The Morgan fingerprint density at radius 2 is 2.00 bits per heavy atom. The molecule has 0 aliphatic heterocycles. The smallest absolute Gasteiger partial charge is 0.242 e. The molecular formula is C18H18ClN3O3S3. The van der Waals surface area contributed by atoms with Crippen molar-refractivity contribution < 1.29 is 13.2 Å². The van der Waals surface area contributed by atoms with Crippen LogP contribution in [-0.4, -0.2) is 43.0 Å². The van der Waals surface area contributed by atoms with Gasteiger partial charge >= 0.3 is 0 Å². The number of carbonyl (C=O) groups is 1. The summed E-state index contributed by atoms with van der Waals surface area (Å²) in [5, 5.41) is 2.98. The minimum Gasteiger partial charge on any atom is -0.325 e. The van der Waals surface area contributed by atoms with Crippen molar-refractivity contribution in [1.29, 1.82) is 0 Å². The molecule has 0 spiro atoms. The predicted molar refractivity (Wildman–Crippen MR) is 116 cm³/mol. The van der Waals surface area contributed by atoms with Gasteiger partial charge in [-0.2, -0.15) is 0 Å². The number of carbonyl (C=O) groups excluding carboxylic acids is 1. The molecule has 6 nitrogen and oxygen atoms in total. The highest BCUT2D eigenvalue weighted by atomic mass is 35.5. The van der Waals surface area contributed by atoms with Crippen LogP contribution in [0.3, 0.4) is 0 Å². The third kappa shape index (κ3) is 4.66. The molecule has 0 saturated heterocycles. The molecule has 1 N–H and O–H groups in total. The molecule has 1 atom stereocenters. The number of amides is 1. The SMILES string of the molecule is CC(Sc1nc2cc(Cl)ccc2s1)C(=O)Nc1cccc(S(=O)(=O)N(C)C)c1. The van der Waals surface area contributed by atoms with E-state index in [-0.39, 0.29) is 10.8 Å². The van der Waals surface area contributed by atoms with Crippen LogP contribution in [0.4, 0.5) is 5.69 Å². The highest BCUT2D eigenvalue weighted by Gasteiger charge is 2.20. The molecule has 3 aromatic rings. The lowest BCUT2D eigenvalue weighted by atomic mass is 10.3. The van der Waals surface area contributed by atoms with E-state index >= 15 is 0 Å². The second kappa shape index (κ2) is 8.38. The van der Waals surface area contributed by atoms with Crippen molar-refractivity contribution in [3.63, 3.8) is 0 Å². The average Bonchev–Trinajstić information content (AvgIpc) is 3.03. The van der Waals surface area contributed by atoms with Crippen molar-refractivity contribution in [1.82, 2.24) is 9.29 Å². The molecule has 148 valence electrons. The molecule has 0 aliphatic carbocycles. The Bertz CT molecular complexity index is 1130. The van der Waals surface area contributed by atoms with Gasteiger partial charge in [0.15, 0.2) is 4.34 Å². The number of halogens is 1. The van der Waals surface area contributed by atoms with Gasteiger partial charge in [-0.1, -0.05) is 29.4 Å². The maximum atomic E-state index is 12.5. The van der Waals surface area contributed by atoms with Crippen LogP contribution in [0.25, 0.3) is 10.2 Å². The first kappa shape index (κ1) is 21.1. The molecule has 0 radical (unpaired) electrons. The summed E-state index contributed by atoms with van der Waals surface area (Å²) in [5.74, 6) is -0.235. The van der Waals surface area contributed by atoms with Crippen LogP contribution in [0, 0.1) is 0 Å². The monoisotopic (exact) mass is 455 g/mol. The van der Waals surface area contributed by atoms with Gasteiger partial charge in [-0.15, -0.1) is 11.3 Å². The summed E-state index contributed by atoms with van der Waals surface area (Å²) in [6.45, 7) is 1.78. The molecule has 0 aliphatic rings. The number of hydrogen-bond acceptors (Lipinski definition) is 6. The fourth-order valence-electron chi connectivity index (χ4n) is 2.32. The van der Waals surface area contributed by atoms with E-state index in [4.69, 9.17) is 11.6 Å². The van der Waals surface area contributed by atoms with Gasteiger partial charge in [0.05, 0.1) is 20.4 Å². The number of anilines is 1. The number of thiazole rings is 1. The zero-order valence-electron chi connectivity index (χ0n) is 15.3. The minimum absolute atomic E-state index is 0.124. The van der Waals surface area contributed by atoms with Gasteiger partial charge in [-0.25, -0.2) is 17.7 Å². The maximum Gasteiger partial charge on any atom is 0.242 e. The first-order valence-corrected chi connectivity index (χ1v) is 11.7. The van der Waals surface area contributed by atoms with E-state index in [1.807, 2.05) is 6.07 Å². The van der Waals surface area contributed by atoms with Crippen LogP contribution >= 0.6 is 34.7 Å². The number of nitrogens with zero attached hydrogens (tertiary/aromatic N) is 2. The zero-order valence-corrected chi connectivity index (χ0v) is 18.5. The summed E-state index contributed by atoms with van der Waals surface area (Å²) in [6.07, 6.45) is 0. The van der Waals surface area contributed by atoms with E-state index < -0.39 is 15.3 Å². The largest absolute Gasteiger partial charge is 0.325 e. The first-order valence-electron chi connectivity index (χ1n) is 8.23. The highest BCUT2D eigenvalue weighted by Crippen LogP contribution is 2.33. The summed E-state index contributed by atoms with van der Waals surface area (Å²) in [6, 6.07) is 11.7. The molecule has 1 unspecified atom stereocenters. The third-order valence-corrected chi connectivity index (χ3v) is 8.13. The molecule has 10 heteroatoms. The zero-order chi connectivity index (χ0) is 20.5. The Kier molecular flexibility index (Phi) is 6.31. The van der Waals surface area contributed by atoms with Gasteiger partial charge in [0.1, 0.15) is 0 Å². The van der Waals surface area contributed by atoms with Crippen molar-refractivity contribution in [2.75, 3.05) is 19.4 Å². The lowest BCUT2D eigenvalue weighted by Gasteiger charge is -2.14. The summed E-state index contributed by atoms with van der Waals surface area (Å²) in [5.41, 5.74) is 1.23. The molecule has 1 amide bonds. The summed E-state index contributed by atoms with van der Waals surface area (Å²) in [7, 11) is -0.639. The molecule has 2 aromatic carbocycles. The molecule has 0 saturated carbocycles. The molecule has 0 bridgehead atoms. The number of fused-ring (bicyclic) bond motifs is 1. The van der Waals surface area contributed by atoms with Crippen LogP contribution in [0.5, 0.6) is 0 Å². The Balaban J connectivity index is 1.72. The van der Waals surface area contributed by atoms with Gasteiger partial charge in [-0.3, -0.25) is 4.79 Å². The molecular weight excluding hydrogens is 438 g/mol. The standard InChI is InChI=1S/C18H18ClN3O3S3/c1-11(26-18-21-15-9-12(19)7-8-16(15)27-18)17(23)20-13-5-4-6-14(10-13)28(24,25)22(2)3/h4-11H,1-3H3,(H,20,23). The van der Waals surface area contributed by atoms with E-state index in [9.17, 15) is 13.2 Å². The second-order valence-electron chi connectivity index (χ2n) is 6.16. The lowest BCUT2D eigenvalue weighted by Crippen LogP contribution is -2.24. The van der Waals surface area contributed by atoms with Gasteiger partial charge in [0.25, 0.3) is 0 Å². The van der Waals surface area contributed by atoms with Gasteiger partial charge in [-0.05, 0) is 43.3 Å². The molecule has 1 heterocycles. The molecule has 28 heavy (non-hydrogen) atoms. The maximum absolute atomic E-state index is 12.5. The fourth-order valence-corrected chi connectivity index (χ4v) is 5.63. The fraction of sp³-hybridized carbons (Fsp3) is 0.222. The van der Waals surface area contributed by atoms with Crippen molar-refractivity contribution in [2.24, 2.45) is 0 Å². The number of sulfonamides is 1. The number of aromatic nitrogens is 1. The van der Waals surface area contributed by atoms with Crippen molar-refractivity contribution >= 4 is 66.5 Å². The van der Waals surface area contributed by atoms with Crippen LogP contribution in [0.2, 0.25) is 5.02 Å². The van der Waals surface area contributed by atoms with Crippen molar-refractivity contribution in [3.05, 3.63) is 47.5 Å². The first-order chi connectivity index (χ1) is 13.2. The summed E-state index contributed by atoms with van der Waals surface area (Å²) in [4.78, 5) is 17.2. The van der Waals surface area contributed by atoms with Gasteiger partial charge in [0.2, 0.25) is 15.9 Å². The quantitative estimate of drug-likeness (QED) is 0.560. The van der Waals surface area contributed by atoms with E-state index in [1.54, 1.807) is 31.2 Å². The van der Waals surface area contributed by atoms with Gasteiger partial charge < -0.3 is 5.32 Å². The number of hydrogen-bond donors (Lipinski definition) is 1. The summed E-state index contributed by atoms with van der Waals surface area (Å²) >= 11 is 8.82. The topological polar surface area (TPSA) is 79.4 Å². The average molecular weight is 456 g/mol. The van der Waals surface area contributed by atoms with Gasteiger partial charge in [0, 0.05) is 24.8 Å². The molecule has 0 fully saturated rings. The number of benzene rings is 2. The van der Waals surface area contributed by atoms with E-state index in [0.29, 0.717) is 10.7 Å². The number of nitrogens with one attached hydrogen (secondary N) is 1. The molecule has 3 rings (SSSR count). The van der Waals surface area contributed by atoms with Crippen molar-refractivity contribution in [3.8, 4) is 0 Å².